The maximum atomic E-state index is 13.3. The van der Waals surface area contributed by atoms with E-state index in [0.29, 0.717) is 17.5 Å². The van der Waals surface area contributed by atoms with E-state index in [1.165, 1.54) is 29.1 Å². The zero-order chi connectivity index (χ0) is 21.1. The Morgan fingerprint density at radius 2 is 2.07 bits per heavy atom. The molecule has 4 rings (SSSR count). The summed E-state index contributed by atoms with van der Waals surface area (Å²) in [5.41, 5.74) is 9.76. The minimum absolute atomic E-state index is 0.0438. The highest BCUT2D eigenvalue weighted by atomic mass is 32.2. The number of Topliss-reactive ketones (excluding diaryl/α,β-unsaturated/α-hetero) is 1. The lowest BCUT2D eigenvalue weighted by atomic mass is 9.80. The second-order valence-electron chi connectivity index (χ2n) is 7.65. The molecule has 3 amide bonds. The van der Waals surface area contributed by atoms with Gasteiger partial charge in [0.25, 0.3) is 0 Å². The molecule has 1 aromatic rings. The van der Waals surface area contributed by atoms with Crippen LogP contribution in [0, 0.1) is 5.92 Å². The Kier molecular flexibility index (Phi) is 6.64. The number of urea groups is 1. The van der Waals surface area contributed by atoms with Crippen molar-refractivity contribution < 1.29 is 14.4 Å². The van der Waals surface area contributed by atoms with Gasteiger partial charge in [-0.25, -0.2) is 10.2 Å². The van der Waals surface area contributed by atoms with Crippen LogP contribution in [0.25, 0.3) is 0 Å². The number of amides is 3. The molecule has 2 fully saturated rings. The van der Waals surface area contributed by atoms with Crippen LogP contribution in [0.5, 0.6) is 0 Å². The second kappa shape index (κ2) is 9.40. The van der Waals surface area contributed by atoms with E-state index < -0.39 is 12.1 Å². The molecule has 8 nitrogen and oxygen atoms in total. The van der Waals surface area contributed by atoms with Crippen LogP contribution in [0.1, 0.15) is 17.5 Å². The Hall–Kier alpha value is -2.04. The van der Waals surface area contributed by atoms with E-state index in [2.05, 4.69) is 28.0 Å². The molecule has 3 aliphatic rings. The van der Waals surface area contributed by atoms with Crippen LogP contribution in [0.4, 0.5) is 4.79 Å². The number of carbonyl (C=O) groups excluding carboxylic acids is 3. The SMILES string of the molecule is NC(=O)NN=C[C@@H]1CSCN1C(=O)[C@H]1NCSC1C(=O)[C@H]1CCc2ccccc2C1. The van der Waals surface area contributed by atoms with Crippen LogP contribution in [0.2, 0.25) is 0 Å². The average molecular weight is 448 g/mol. The number of nitrogens with one attached hydrogen (secondary N) is 2. The molecule has 1 aromatic carbocycles. The average Bonchev–Trinajstić information content (AvgIpc) is 3.42. The maximum absolute atomic E-state index is 13.3. The molecular formula is C20H25N5O3S2. The molecule has 4 N–H and O–H groups in total. The minimum Gasteiger partial charge on any atom is -0.350 e. The van der Waals surface area contributed by atoms with Crippen molar-refractivity contribution in [1.82, 2.24) is 15.6 Å². The predicted octanol–water partition coefficient (Wildman–Crippen LogP) is 0.947. The van der Waals surface area contributed by atoms with Gasteiger partial charge in [0.1, 0.15) is 6.04 Å². The predicted molar refractivity (Wildman–Crippen MR) is 119 cm³/mol. The van der Waals surface area contributed by atoms with Crippen molar-refractivity contribution in [1.29, 1.82) is 0 Å². The van der Waals surface area contributed by atoms with Gasteiger partial charge >= 0.3 is 6.03 Å². The lowest BCUT2D eigenvalue weighted by Crippen LogP contribution is -2.53. The van der Waals surface area contributed by atoms with Gasteiger partial charge in [-0.15, -0.1) is 23.5 Å². The van der Waals surface area contributed by atoms with Gasteiger partial charge in [0.15, 0.2) is 5.78 Å². The number of primary amides is 1. The van der Waals surface area contributed by atoms with E-state index in [-0.39, 0.29) is 28.9 Å². The van der Waals surface area contributed by atoms with Crippen molar-refractivity contribution >= 4 is 47.5 Å². The van der Waals surface area contributed by atoms with Crippen LogP contribution in [0.15, 0.2) is 29.4 Å². The number of benzene rings is 1. The number of thioether (sulfide) groups is 2. The molecule has 30 heavy (non-hydrogen) atoms. The zero-order valence-electron chi connectivity index (χ0n) is 16.5. The Morgan fingerprint density at radius 3 is 2.87 bits per heavy atom. The van der Waals surface area contributed by atoms with Gasteiger partial charge < -0.3 is 10.6 Å². The Bertz CT molecular complexity index is 865. The first-order chi connectivity index (χ1) is 14.5. The summed E-state index contributed by atoms with van der Waals surface area (Å²) in [5, 5.41) is 6.66. The van der Waals surface area contributed by atoms with Gasteiger partial charge in [0.05, 0.1) is 17.2 Å². The smallest absolute Gasteiger partial charge is 0.332 e. The number of ketones is 1. The molecule has 160 valence electrons. The Morgan fingerprint density at radius 1 is 1.27 bits per heavy atom. The molecule has 0 bridgehead atoms. The number of hydrogen-bond donors (Lipinski definition) is 3. The summed E-state index contributed by atoms with van der Waals surface area (Å²) in [6, 6.07) is 6.78. The first kappa shape index (κ1) is 21.2. The quantitative estimate of drug-likeness (QED) is 0.457. The molecule has 1 aliphatic carbocycles. The fourth-order valence-corrected chi connectivity index (χ4v) is 6.59. The Labute approximate surface area is 183 Å². The third-order valence-electron chi connectivity index (χ3n) is 5.79. The molecule has 0 aromatic heterocycles. The van der Waals surface area contributed by atoms with E-state index in [1.54, 1.807) is 16.7 Å². The van der Waals surface area contributed by atoms with Crippen LogP contribution in [-0.4, -0.2) is 63.7 Å². The Balaban J connectivity index is 1.43. The van der Waals surface area contributed by atoms with Crippen LogP contribution in [0.3, 0.4) is 0 Å². The molecule has 0 radical (unpaired) electrons. The van der Waals surface area contributed by atoms with Crippen molar-refractivity contribution in [2.24, 2.45) is 16.8 Å². The molecule has 2 aliphatic heterocycles. The first-order valence-electron chi connectivity index (χ1n) is 9.97. The number of hydrazone groups is 1. The van der Waals surface area contributed by atoms with E-state index in [0.717, 1.165) is 19.3 Å². The molecule has 0 spiro atoms. The van der Waals surface area contributed by atoms with Crippen molar-refractivity contribution in [3.05, 3.63) is 35.4 Å². The number of aryl methyl sites for hydroxylation is 1. The van der Waals surface area contributed by atoms with E-state index in [1.807, 2.05) is 12.1 Å². The van der Waals surface area contributed by atoms with E-state index in [9.17, 15) is 14.4 Å². The number of hydrogen-bond acceptors (Lipinski definition) is 7. The maximum Gasteiger partial charge on any atom is 0.332 e. The molecule has 0 saturated carbocycles. The molecule has 2 saturated heterocycles. The van der Waals surface area contributed by atoms with Crippen molar-refractivity contribution in [2.75, 3.05) is 17.5 Å². The van der Waals surface area contributed by atoms with Crippen LogP contribution < -0.4 is 16.5 Å². The largest absolute Gasteiger partial charge is 0.350 e. The summed E-state index contributed by atoms with van der Waals surface area (Å²) in [6.45, 7) is 0. The zero-order valence-corrected chi connectivity index (χ0v) is 18.1. The molecule has 4 atom stereocenters. The summed E-state index contributed by atoms with van der Waals surface area (Å²) in [7, 11) is 0. The van der Waals surface area contributed by atoms with E-state index >= 15 is 0 Å². The van der Waals surface area contributed by atoms with E-state index in [4.69, 9.17) is 5.73 Å². The second-order valence-corrected chi connectivity index (χ2v) is 9.78. The highest BCUT2D eigenvalue weighted by Crippen LogP contribution is 2.33. The summed E-state index contributed by atoms with van der Waals surface area (Å²) >= 11 is 3.14. The summed E-state index contributed by atoms with van der Waals surface area (Å²) in [5.74, 6) is 1.84. The number of rotatable bonds is 5. The highest BCUT2D eigenvalue weighted by Gasteiger charge is 2.44. The monoisotopic (exact) mass is 447 g/mol. The summed E-state index contributed by atoms with van der Waals surface area (Å²) in [6.07, 6.45) is 4.02. The van der Waals surface area contributed by atoms with Crippen molar-refractivity contribution in [2.45, 2.75) is 36.6 Å². The van der Waals surface area contributed by atoms with Crippen molar-refractivity contribution in [3.63, 3.8) is 0 Å². The van der Waals surface area contributed by atoms with Gasteiger partial charge in [0, 0.05) is 23.8 Å². The minimum atomic E-state index is -0.747. The molecule has 2 heterocycles. The van der Waals surface area contributed by atoms with Gasteiger partial charge in [-0.2, -0.15) is 5.10 Å². The molecule has 1 unspecified atom stereocenters. The lowest BCUT2D eigenvalue weighted by Gasteiger charge is -2.29. The lowest BCUT2D eigenvalue weighted by molar-refractivity contribution is -0.135. The third-order valence-corrected chi connectivity index (χ3v) is 8.02. The summed E-state index contributed by atoms with van der Waals surface area (Å²) in [4.78, 5) is 39.1. The fourth-order valence-electron chi connectivity index (χ4n) is 4.24. The highest BCUT2D eigenvalue weighted by molar-refractivity contribution is 8.01. The third kappa shape index (κ3) is 4.50. The molecular weight excluding hydrogens is 422 g/mol. The van der Waals surface area contributed by atoms with Gasteiger partial charge in [-0.3, -0.25) is 14.9 Å². The summed E-state index contributed by atoms with van der Waals surface area (Å²) < 4.78 is 0. The first-order valence-corrected chi connectivity index (χ1v) is 12.2. The standard InChI is InChI=1S/C20H25N5O3S2/c21-20(28)24-23-8-15-9-29-11-25(15)19(27)16-18(30-10-22-16)17(26)14-6-5-12-3-1-2-4-13(12)7-14/h1-4,8,14-16,18,22H,5-7,9-11H2,(H3,21,24,28)/t14-,15+,16-,18?/m0/s1. The number of nitrogens with zero attached hydrogens (tertiary/aromatic N) is 2. The van der Waals surface area contributed by atoms with Gasteiger partial charge in [-0.05, 0) is 30.4 Å². The van der Waals surface area contributed by atoms with Crippen molar-refractivity contribution in [3.8, 4) is 0 Å². The number of nitrogens with two attached hydrogens (primary N) is 1. The topological polar surface area (TPSA) is 117 Å². The fraction of sp³-hybridized carbons (Fsp3) is 0.500. The molecule has 10 heteroatoms. The normalized spacial score (nSPS) is 28.5. The van der Waals surface area contributed by atoms with Crippen LogP contribution >= 0.6 is 23.5 Å². The van der Waals surface area contributed by atoms with Gasteiger partial charge in [-0.1, -0.05) is 24.3 Å². The number of carbonyl (C=O) groups is 3. The van der Waals surface area contributed by atoms with Crippen LogP contribution in [-0.2, 0) is 22.4 Å². The number of fused-ring (bicyclic) bond motifs is 1. The van der Waals surface area contributed by atoms with Gasteiger partial charge in [0.2, 0.25) is 5.91 Å².